The second-order valence-electron chi connectivity index (χ2n) is 5.53. The van der Waals surface area contributed by atoms with Gasteiger partial charge in [0.05, 0.1) is 5.56 Å². The molecule has 6 heteroatoms. The fourth-order valence-corrected chi connectivity index (χ4v) is 2.05. The molecule has 0 saturated carbocycles. The Morgan fingerprint density at radius 3 is 2.70 bits per heavy atom. The molecule has 0 bridgehead atoms. The van der Waals surface area contributed by atoms with Crippen molar-refractivity contribution in [3.05, 3.63) is 29.6 Å². The summed E-state index contributed by atoms with van der Waals surface area (Å²) in [7, 11) is 5.44. The monoisotopic (exact) mass is 327 g/mol. The number of nitrogens with zero attached hydrogens (tertiary/aromatic N) is 1. The minimum absolute atomic E-state index is 0.240. The van der Waals surface area contributed by atoms with Crippen LogP contribution in [-0.4, -0.2) is 51.8 Å². The minimum Gasteiger partial charge on any atom is -0.492 e. The summed E-state index contributed by atoms with van der Waals surface area (Å²) in [4.78, 5) is 13.8. The first kappa shape index (κ1) is 19.4. The first-order chi connectivity index (χ1) is 11.0. The highest BCUT2D eigenvalue weighted by molar-refractivity contribution is 5.69. The summed E-state index contributed by atoms with van der Waals surface area (Å²) in [5, 5.41) is 0. The van der Waals surface area contributed by atoms with Crippen LogP contribution in [0, 0.1) is 5.82 Å². The molecule has 0 aromatic heterocycles. The van der Waals surface area contributed by atoms with Gasteiger partial charge in [-0.2, -0.15) is 0 Å². The molecule has 0 fully saturated rings. The Hall–Kier alpha value is -1.66. The number of carbonyl (C=O) groups is 1. The molecule has 0 unspecified atom stereocenters. The van der Waals surface area contributed by atoms with Crippen molar-refractivity contribution in [2.75, 3.05) is 41.0 Å². The average Bonchev–Trinajstić information content (AvgIpc) is 2.47. The molecule has 0 aliphatic heterocycles. The molecule has 23 heavy (non-hydrogen) atoms. The van der Waals surface area contributed by atoms with Gasteiger partial charge in [0.2, 0.25) is 0 Å². The van der Waals surface area contributed by atoms with Gasteiger partial charge in [0.15, 0.2) is 0 Å². The number of methoxy groups -OCH3 is 1. The van der Waals surface area contributed by atoms with Crippen LogP contribution in [-0.2, 0) is 14.3 Å². The van der Waals surface area contributed by atoms with Gasteiger partial charge in [-0.05, 0) is 39.6 Å². The molecule has 0 amide bonds. The van der Waals surface area contributed by atoms with E-state index in [4.69, 9.17) is 14.2 Å². The molecule has 0 spiro atoms. The lowest BCUT2D eigenvalue weighted by molar-refractivity contribution is -0.149. The van der Waals surface area contributed by atoms with Crippen molar-refractivity contribution >= 4 is 5.97 Å². The van der Waals surface area contributed by atoms with E-state index in [1.807, 2.05) is 19.0 Å². The quantitative estimate of drug-likeness (QED) is 0.488. The topological polar surface area (TPSA) is 48.0 Å². The van der Waals surface area contributed by atoms with Crippen LogP contribution in [0.1, 0.15) is 31.4 Å². The molecule has 0 radical (unpaired) electrons. The van der Waals surface area contributed by atoms with Crippen LogP contribution in [0.3, 0.4) is 0 Å². The van der Waals surface area contributed by atoms with Crippen LogP contribution < -0.4 is 4.74 Å². The van der Waals surface area contributed by atoms with E-state index in [1.54, 1.807) is 26.2 Å². The van der Waals surface area contributed by atoms with Crippen molar-refractivity contribution in [1.29, 1.82) is 0 Å². The lowest BCUT2D eigenvalue weighted by atomic mass is 10.1. The molecule has 0 aliphatic rings. The Balaban J connectivity index is 2.70. The summed E-state index contributed by atoms with van der Waals surface area (Å²) in [6.07, 6.45) is 0.107. The van der Waals surface area contributed by atoms with Gasteiger partial charge in [0.1, 0.15) is 24.3 Å². The number of esters is 1. The van der Waals surface area contributed by atoms with Crippen LogP contribution >= 0.6 is 0 Å². The maximum atomic E-state index is 14.1. The normalized spacial score (nSPS) is 12.3. The second-order valence-corrected chi connectivity index (χ2v) is 5.53. The Morgan fingerprint density at radius 1 is 1.30 bits per heavy atom. The highest BCUT2D eigenvalue weighted by atomic mass is 19.1. The van der Waals surface area contributed by atoms with E-state index in [-0.39, 0.29) is 18.0 Å². The zero-order valence-corrected chi connectivity index (χ0v) is 14.3. The molecule has 0 saturated heterocycles. The largest absolute Gasteiger partial charge is 0.492 e. The van der Waals surface area contributed by atoms with Gasteiger partial charge in [-0.3, -0.25) is 4.79 Å². The third-order valence-corrected chi connectivity index (χ3v) is 3.25. The van der Waals surface area contributed by atoms with Crippen molar-refractivity contribution in [2.24, 2.45) is 0 Å². The molecule has 0 heterocycles. The lowest BCUT2D eigenvalue weighted by Crippen LogP contribution is -2.20. The standard InChI is InChI=1S/C17H26FNO4/c1-13(23-16(20)9-6-11-21-4)17-14(18)7-5-8-15(17)22-12-10-19(2)3/h5,7-8,13H,6,9-12H2,1-4H3/t13-/m0/s1. The van der Waals surface area contributed by atoms with E-state index < -0.39 is 11.9 Å². The van der Waals surface area contributed by atoms with Crippen LogP contribution in [0.15, 0.2) is 18.2 Å². The molecule has 0 N–H and O–H groups in total. The summed E-state index contributed by atoms with van der Waals surface area (Å²) in [5.41, 5.74) is 0.270. The van der Waals surface area contributed by atoms with E-state index >= 15 is 0 Å². The molecule has 130 valence electrons. The smallest absolute Gasteiger partial charge is 0.306 e. The van der Waals surface area contributed by atoms with Crippen molar-refractivity contribution < 1.29 is 23.4 Å². The Bertz CT molecular complexity index is 493. The van der Waals surface area contributed by atoms with Crippen LogP contribution in [0.25, 0.3) is 0 Å². The number of hydrogen-bond donors (Lipinski definition) is 0. The summed E-state index contributed by atoms with van der Waals surface area (Å²) < 4.78 is 30.0. The van der Waals surface area contributed by atoms with Gasteiger partial charge < -0.3 is 19.1 Å². The number of hydrogen-bond acceptors (Lipinski definition) is 5. The SMILES string of the molecule is COCCCC(=O)O[C@@H](C)c1c(F)cccc1OCCN(C)C. The molecule has 0 aliphatic carbocycles. The number of ether oxygens (including phenoxy) is 3. The van der Waals surface area contributed by atoms with Crippen LogP contribution in [0.5, 0.6) is 5.75 Å². The van der Waals surface area contributed by atoms with E-state index in [0.29, 0.717) is 31.9 Å². The number of rotatable bonds is 10. The first-order valence-electron chi connectivity index (χ1n) is 7.70. The Labute approximate surface area is 137 Å². The van der Waals surface area contributed by atoms with E-state index in [2.05, 4.69) is 0 Å². The second kappa shape index (κ2) is 10.2. The van der Waals surface area contributed by atoms with E-state index in [0.717, 1.165) is 0 Å². The number of benzene rings is 1. The predicted molar refractivity (Wildman–Crippen MR) is 86.1 cm³/mol. The van der Waals surface area contributed by atoms with Crippen LogP contribution in [0.4, 0.5) is 4.39 Å². The highest BCUT2D eigenvalue weighted by Gasteiger charge is 2.20. The van der Waals surface area contributed by atoms with Crippen molar-refractivity contribution in [3.8, 4) is 5.75 Å². The van der Waals surface area contributed by atoms with Gasteiger partial charge in [-0.1, -0.05) is 6.07 Å². The summed E-state index contributed by atoms with van der Waals surface area (Å²) in [5.74, 6) is -0.411. The molecule has 1 aromatic carbocycles. The zero-order valence-electron chi connectivity index (χ0n) is 14.3. The number of carbonyl (C=O) groups excluding carboxylic acids is 1. The zero-order chi connectivity index (χ0) is 17.2. The predicted octanol–water partition coefficient (Wildman–Crippen LogP) is 2.80. The fourth-order valence-electron chi connectivity index (χ4n) is 2.05. The summed E-state index contributed by atoms with van der Waals surface area (Å²) >= 11 is 0. The summed E-state index contributed by atoms with van der Waals surface area (Å²) in [6, 6.07) is 4.60. The third kappa shape index (κ3) is 6.97. The first-order valence-corrected chi connectivity index (χ1v) is 7.70. The molecular weight excluding hydrogens is 301 g/mol. The molecule has 1 atom stereocenters. The van der Waals surface area contributed by atoms with Gasteiger partial charge >= 0.3 is 5.97 Å². The minimum atomic E-state index is -0.708. The number of likely N-dealkylation sites (N-methyl/N-ethyl adjacent to an activating group) is 1. The summed E-state index contributed by atoms with van der Waals surface area (Å²) in [6.45, 7) is 3.27. The van der Waals surface area contributed by atoms with Gasteiger partial charge in [0.25, 0.3) is 0 Å². The van der Waals surface area contributed by atoms with Crippen molar-refractivity contribution in [3.63, 3.8) is 0 Å². The fraction of sp³-hybridized carbons (Fsp3) is 0.588. The van der Waals surface area contributed by atoms with Crippen molar-refractivity contribution in [1.82, 2.24) is 4.90 Å². The Morgan fingerprint density at radius 2 is 2.04 bits per heavy atom. The molecule has 5 nitrogen and oxygen atoms in total. The average molecular weight is 327 g/mol. The molecule has 1 aromatic rings. The third-order valence-electron chi connectivity index (χ3n) is 3.25. The van der Waals surface area contributed by atoms with E-state index in [9.17, 15) is 9.18 Å². The maximum Gasteiger partial charge on any atom is 0.306 e. The molecule has 1 rings (SSSR count). The van der Waals surface area contributed by atoms with Crippen molar-refractivity contribution in [2.45, 2.75) is 25.9 Å². The van der Waals surface area contributed by atoms with Gasteiger partial charge in [0, 0.05) is 26.7 Å². The maximum absolute atomic E-state index is 14.1. The van der Waals surface area contributed by atoms with E-state index in [1.165, 1.54) is 6.07 Å². The molecular formula is C17H26FNO4. The number of halogens is 1. The van der Waals surface area contributed by atoms with Crippen LogP contribution in [0.2, 0.25) is 0 Å². The van der Waals surface area contributed by atoms with Gasteiger partial charge in [-0.15, -0.1) is 0 Å². The lowest BCUT2D eigenvalue weighted by Gasteiger charge is -2.19. The highest BCUT2D eigenvalue weighted by Crippen LogP contribution is 2.30. The Kier molecular flexibility index (Phi) is 8.58. The van der Waals surface area contributed by atoms with Gasteiger partial charge in [-0.25, -0.2) is 4.39 Å².